The number of aldehydes is 1. The van der Waals surface area contributed by atoms with E-state index in [2.05, 4.69) is 20.4 Å². The Morgan fingerprint density at radius 1 is 1.50 bits per heavy atom. The molecule has 2 rings (SSSR count). The predicted octanol–water partition coefficient (Wildman–Crippen LogP) is 1.80. The van der Waals surface area contributed by atoms with Gasteiger partial charge >= 0.3 is 0 Å². The summed E-state index contributed by atoms with van der Waals surface area (Å²) in [4.78, 5) is 19.3. The Morgan fingerprint density at radius 3 is 2.83 bits per heavy atom. The quantitative estimate of drug-likeness (QED) is 0.515. The van der Waals surface area contributed by atoms with Crippen molar-refractivity contribution in [3.63, 3.8) is 0 Å². The van der Waals surface area contributed by atoms with Gasteiger partial charge in [0.1, 0.15) is 11.6 Å². The Morgan fingerprint density at radius 2 is 2.28 bits per heavy atom. The van der Waals surface area contributed by atoms with Crippen LogP contribution in [-0.4, -0.2) is 32.3 Å². The molecule has 2 heterocycles. The van der Waals surface area contributed by atoms with Crippen LogP contribution in [-0.2, 0) is 7.05 Å². The van der Waals surface area contributed by atoms with Crippen molar-refractivity contribution in [2.45, 2.75) is 12.1 Å². The Labute approximate surface area is 109 Å². The third-order valence-corrected chi connectivity index (χ3v) is 2.91. The van der Waals surface area contributed by atoms with E-state index in [9.17, 15) is 4.79 Å². The van der Waals surface area contributed by atoms with Crippen LogP contribution in [0.1, 0.15) is 16.1 Å². The van der Waals surface area contributed by atoms with Gasteiger partial charge in [0.25, 0.3) is 0 Å². The molecular weight excluding hydrogens is 250 g/mol. The highest BCUT2D eigenvalue weighted by Gasteiger charge is 2.09. The summed E-state index contributed by atoms with van der Waals surface area (Å²) in [6.45, 7) is 1.90. The first-order chi connectivity index (χ1) is 8.63. The highest BCUT2D eigenvalue weighted by molar-refractivity contribution is 7.98. The minimum atomic E-state index is 0.423. The van der Waals surface area contributed by atoms with Crippen molar-refractivity contribution in [3.8, 4) is 0 Å². The second-order valence-electron chi connectivity index (χ2n) is 3.70. The second kappa shape index (κ2) is 5.18. The van der Waals surface area contributed by atoms with Crippen LogP contribution in [0, 0.1) is 6.92 Å². The number of rotatable bonds is 4. The van der Waals surface area contributed by atoms with Crippen LogP contribution in [0.4, 0.5) is 11.6 Å². The first-order valence-corrected chi connectivity index (χ1v) is 6.50. The minimum Gasteiger partial charge on any atom is -0.324 e. The van der Waals surface area contributed by atoms with Gasteiger partial charge in [-0.2, -0.15) is 5.10 Å². The summed E-state index contributed by atoms with van der Waals surface area (Å²) >= 11 is 1.42. The molecule has 2 aromatic heterocycles. The minimum absolute atomic E-state index is 0.423. The maximum absolute atomic E-state index is 11.0. The number of carbonyl (C=O) groups excluding carboxylic acids is 1. The maximum atomic E-state index is 11.0. The molecule has 18 heavy (non-hydrogen) atoms. The normalized spacial score (nSPS) is 10.4. The summed E-state index contributed by atoms with van der Waals surface area (Å²) in [5.74, 6) is 1.27. The van der Waals surface area contributed by atoms with Crippen LogP contribution in [0.5, 0.6) is 0 Å². The van der Waals surface area contributed by atoms with Gasteiger partial charge < -0.3 is 5.32 Å². The average molecular weight is 263 g/mol. The standard InChI is InChI=1S/C11H13N5OS/c1-7-4-9(16(2)15-7)13-10-8(6-17)5-12-11(14-10)18-3/h4-6H,1-3H3,(H,12,13,14). The summed E-state index contributed by atoms with van der Waals surface area (Å²) < 4.78 is 1.70. The first kappa shape index (κ1) is 12.6. The topological polar surface area (TPSA) is 72.7 Å². The summed E-state index contributed by atoms with van der Waals surface area (Å²) in [7, 11) is 1.83. The van der Waals surface area contributed by atoms with Gasteiger partial charge in [0, 0.05) is 19.3 Å². The lowest BCUT2D eigenvalue weighted by atomic mass is 10.3. The molecule has 0 atom stereocenters. The molecule has 0 aliphatic heterocycles. The second-order valence-corrected chi connectivity index (χ2v) is 4.47. The fourth-order valence-electron chi connectivity index (χ4n) is 1.51. The van der Waals surface area contributed by atoms with E-state index < -0.39 is 0 Å². The number of thioether (sulfide) groups is 1. The third-order valence-electron chi connectivity index (χ3n) is 2.35. The number of anilines is 2. The Bertz CT molecular complexity index is 581. The molecule has 2 aromatic rings. The van der Waals surface area contributed by atoms with Crippen LogP contribution in [0.15, 0.2) is 17.4 Å². The Balaban J connectivity index is 2.37. The molecular formula is C11H13N5OS. The molecule has 0 saturated heterocycles. The highest BCUT2D eigenvalue weighted by Crippen LogP contribution is 2.20. The fraction of sp³-hybridized carbons (Fsp3) is 0.273. The lowest BCUT2D eigenvalue weighted by Gasteiger charge is -2.08. The van der Waals surface area contributed by atoms with Crippen molar-refractivity contribution in [2.24, 2.45) is 7.05 Å². The summed E-state index contributed by atoms with van der Waals surface area (Å²) in [5.41, 5.74) is 1.32. The monoisotopic (exact) mass is 263 g/mol. The van der Waals surface area contributed by atoms with Crippen LogP contribution in [0.25, 0.3) is 0 Å². The number of aryl methyl sites for hydroxylation is 2. The van der Waals surface area contributed by atoms with Crippen molar-refractivity contribution in [1.29, 1.82) is 0 Å². The molecule has 0 amide bonds. The molecule has 6 nitrogen and oxygen atoms in total. The van der Waals surface area contributed by atoms with E-state index in [4.69, 9.17) is 0 Å². The van der Waals surface area contributed by atoms with E-state index in [1.165, 1.54) is 18.0 Å². The van der Waals surface area contributed by atoms with Gasteiger partial charge in [0.05, 0.1) is 11.3 Å². The van der Waals surface area contributed by atoms with Gasteiger partial charge in [-0.25, -0.2) is 9.97 Å². The molecule has 0 aliphatic rings. The molecule has 0 radical (unpaired) electrons. The molecule has 94 valence electrons. The van der Waals surface area contributed by atoms with Crippen LogP contribution < -0.4 is 5.32 Å². The molecule has 0 saturated carbocycles. The molecule has 1 N–H and O–H groups in total. The van der Waals surface area contributed by atoms with Gasteiger partial charge in [-0.3, -0.25) is 9.48 Å². The Kier molecular flexibility index (Phi) is 3.61. The smallest absolute Gasteiger partial charge is 0.189 e. The molecule has 0 fully saturated rings. The molecule has 0 aromatic carbocycles. The summed E-state index contributed by atoms with van der Waals surface area (Å²) in [5, 5.41) is 7.93. The lowest BCUT2D eigenvalue weighted by molar-refractivity contribution is 0.112. The molecule has 0 bridgehead atoms. The Hall–Kier alpha value is -1.89. The summed E-state index contributed by atoms with van der Waals surface area (Å²) in [6, 6.07) is 1.88. The van der Waals surface area contributed by atoms with Crippen molar-refractivity contribution in [3.05, 3.63) is 23.5 Å². The van der Waals surface area contributed by atoms with Crippen LogP contribution in [0.2, 0.25) is 0 Å². The van der Waals surface area contributed by atoms with Crippen molar-refractivity contribution >= 4 is 29.7 Å². The van der Waals surface area contributed by atoms with E-state index >= 15 is 0 Å². The number of aromatic nitrogens is 4. The number of nitrogens with one attached hydrogen (secondary N) is 1. The zero-order valence-electron chi connectivity index (χ0n) is 10.3. The zero-order chi connectivity index (χ0) is 13.1. The molecule has 0 spiro atoms. The van der Waals surface area contributed by atoms with Gasteiger partial charge in [0.15, 0.2) is 11.4 Å². The highest BCUT2D eigenvalue weighted by atomic mass is 32.2. The van der Waals surface area contributed by atoms with E-state index in [0.717, 1.165) is 17.8 Å². The fourth-order valence-corrected chi connectivity index (χ4v) is 1.85. The van der Waals surface area contributed by atoms with Crippen molar-refractivity contribution in [1.82, 2.24) is 19.7 Å². The molecule has 7 heteroatoms. The van der Waals surface area contributed by atoms with E-state index in [1.807, 2.05) is 26.3 Å². The van der Waals surface area contributed by atoms with Crippen molar-refractivity contribution in [2.75, 3.05) is 11.6 Å². The average Bonchev–Trinajstić information content (AvgIpc) is 2.67. The van der Waals surface area contributed by atoms with Gasteiger partial charge in [-0.1, -0.05) is 11.8 Å². The zero-order valence-corrected chi connectivity index (χ0v) is 11.2. The number of hydrogen-bond donors (Lipinski definition) is 1. The predicted molar refractivity (Wildman–Crippen MR) is 70.4 cm³/mol. The largest absolute Gasteiger partial charge is 0.324 e. The van der Waals surface area contributed by atoms with Crippen LogP contribution >= 0.6 is 11.8 Å². The van der Waals surface area contributed by atoms with Crippen molar-refractivity contribution < 1.29 is 4.79 Å². The maximum Gasteiger partial charge on any atom is 0.189 e. The molecule has 0 unspecified atom stereocenters. The van der Waals surface area contributed by atoms with E-state index in [0.29, 0.717) is 16.5 Å². The molecule has 0 aliphatic carbocycles. The van der Waals surface area contributed by atoms with Crippen LogP contribution in [0.3, 0.4) is 0 Å². The van der Waals surface area contributed by atoms with E-state index in [1.54, 1.807) is 4.68 Å². The number of hydrogen-bond acceptors (Lipinski definition) is 6. The van der Waals surface area contributed by atoms with E-state index in [-0.39, 0.29) is 0 Å². The first-order valence-electron chi connectivity index (χ1n) is 5.28. The number of nitrogens with zero attached hydrogens (tertiary/aromatic N) is 4. The third kappa shape index (κ3) is 2.51. The lowest BCUT2D eigenvalue weighted by Crippen LogP contribution is -2.04. The van der Waals surface area contributed by atoms with Gasteiger partial charge in [0.2, 0.25) is 0 Å². The summed E-state index contributed by atoms with van der Waals surface area (Å²) in [6.07, 6.45) is 4.13. The van der Waals surface area contributed by atoms with Gasteiger partial charge in [-0.15, -0.1) is 0 Å². The van der Waals surface area contributed by atoms with Gasteiger partial charge in [-0.05, 0) is 13.2 Å². The number of carbonyl (C=O) groups is 1. The SMILES string of the molecule is CSc1ncc(C=O)c(Nc2cc(C)nn2C)n1.